The lowest BCUT2D eigenvalue weighted by molar-refractivity contribution is -0.116. The van der Waals surface area contributed by atoms with Crippen molar-refractivity contribution in [2.24, 2.45) is 4.99 Å². The Labute approximate surface area is 336 Å². The Morgan fingerprint density at radius 2 is 1.38 bits per heavy atom. The third-order valence-corrected chi connectivity index (χ3v) is 11.1. The van der Waals surface area contributed by atoms with Crippen molar-refractivity contribution in [3.63, 3.8) is 0 Å². The van der Waals surface area contributed by atoms with Crippen molar-refractivity contribution in [1.82, 2.24) is 0 Å². The van der Waals surface area contributed by atoms with Gasteiger partial charge in [0.2, 0.25) is 5.91 Å². The number of aliphatic imine (C=N–C) groups is 1. The molecule has 0 fully saturated rings. The number of methoxy groups -OCH3 is 2. The van der Waals surface area contributed by atoms with Gasteiger partial charge >= 0.3 is 0 Å². The maximum absolute atomic E-state index is 13.9. The molecule has 2 N–H and O–H groups in total. The van der Waals surface area contributed by atoms with Gasteiger partial charge in [-0.25, -0.2) is 0 Å². The lowest BCUT2D eigenvalue weighted by Crippen LogP contribution is -2.39. The minimum Gasteiger partial charge on any atom is -0.493 e. The van der Waals surface area contributed by atoms with E-state index in [0.717, 1.165) is 40.0 Å². The first kappa shape index (κ1) is 36.8. The first-order chi connectivity index (χ1) is 28.3. The number of nitrogens with one attached hydrogen (secondary N) is 2. The van der Waals surface area contributed by atoms with Gasteiger partial charge in [0.05, 0.1) is 48.8 Å². The van der Waals surface area contributed by atoms with Gasteiger partial charge in [-0.3, -0.25) is 24.3 Å². The molecule has 1 unspecified atom stereocenters. The van der Waals surface area contributed by atoms with Crippen molar-refractivity contribution in [2.45, 2.75) is 57.9 Å². The Morgan fingerprint density at radius 3 is 2.07 bits per heavy atom. The van der Waals surface area contributed by atoms with E-state index in [2.05, 4.69) is 16.7 Å². The van der Waals surface area contributed by atoms with Crippen LogP contribution in [0.4, 0.5) is 28.4 Å². The molecule has 9 rings (SSSR count). The summed E-state index contributed by atoms with van der Waals surface area (Å²) in [5.41, 5.74) is 8.35. The number of nitrogens with zero attached hydrogens (tertiary/aromatic N) is 3. The highest BCUT2D eigenvalue weighted by Gasteiger charge is 2.38. The van der Waals surface area contributed by atoms with E-state index in [0.29, 0.717) is 77.0 Å². The van der Waals surface area contributed by atoms with E-state index in [1.165, 1.54) is 7.11 Å². The monoisotopic (exact) mass is 777 g/mol. The highest BCUT2D eigenvalue weighted by Crippen LogP contribution is 2.43. The highest BCUT2D eigenvalue weighted by molar-refractivity contribution is 6.15. The quantitative estimate of drug-likeness (QED) is 0.139. The molecule has 0 saturated carbocycles. The Kier molecular flexibility index (Phi) is 9.68. The van der Waals surface area contributed by atoms with Gasteiger partial charge in [0.15, 0.2) is 23.0 Å². The van der Waals surface area contributed by atoms with Crippen LogP contribution in [-0.2, 0) is 30.8 Å². The van der Waals surface area contributed by atoms with E-state index < -0.39 is 0 Å². The molecule has 0 bridgehead atoms. The molecule has 4 heterocycles. The predicted octanol–water partition coefficient (Wildman–Crippen LogP) is 7.88. The van der Waals surface area contributed by atoms with Gasteiger partial charge in [-0.2, -0.15) is 0 Å². The maximum atomic E-state index is 13.9. The Hall–Kier alpha value is -6.82. The molecule has 0 spiro atoms. The fraction of sp³-hybridized carbons (Fsp3) is 0.261. The van der Waals surface area contributed by atoms with Crippen LogP contribution >= 0.6 is 0 Å². The number of benzene rings is 5. The summed E-state index contributed by atoms with van der Waals surface area (Å²) in [5, 5.41) is 6.49. The van der Waals surface area contributed by atoms with Crippen LogP contribution in [0.3, 0.4) is 0 Å². The first-order valence-corrected chi connectivity index (χ1v) is 19.5. The minimum absolute atomic E-state index is 0.00387. The molecule has 2 atom stereocenters. The molecular weight excluding hydrogens is 735 g/mol. The van der Waals surface area contributed by atoms with E-state index in [1.807, 2.05) is 84.8 Å². The summed E-state index contributed by atoms with van der Waals surface area (Å²) < 4.78 is 24.2. The van der Waals surface area contributed by atoms with Gasteiger partial charge in [-0.05, 0) is 77.6 Å². The van der Waals surface area contributed by atoms with Crippen LogP contribution in [0.15, 0.2) is 96.0 Å². The number of ether oxygens (including phenoxy) is 4. The smallest absolute Gasteiger partial charge is 0.261 e. The molecule has 0 radical (unpaired) electrons. The summed E-state index contributed by atoms with van der Waals surface area (Å²) in [5.74, 6) is 1.39. The maximum Gasteiger partial charge on any atom is 0.261 e. The summed E-state index contributed by atoms with van der Waals surface area (Å²) in [7, 11) is 3.09. The molecular formula is C46H43N5O7. The van der Waals surface area contributed by atoms with Gasteiger partial charge in [0.25, 0.3) is 11.8 Å². The number of carbonyl (C=O) groups is 3. The van der Waals surface area contributed by atoms with E-state index in [1.54, 1.807) is 30.2 Å². The molecule has 5 aromatic rings. The molecule has 0 aliphatic carbocycles. The van der Waals surface area contributed by atoms with E-state index in [9.17, 15) is 14.4 Å². The molecule has 0 aromatic heterocycles. The van der Waals surface area contributed by atoms with Crippen LogP contribution < -0.4 is 39.4 Å². The standard InChI is InChI=1S/C46H43N5O7/c1-4-9-44(52)49-31-15-27(25-57-42-21-36-34(19-40(42)55-2)45(53)50-32(23-47-36)17-29-10-5-7-12-38(29)50)14-28(16-31)26-58-43-22-37-35(20-41(43)56-3)46(54)51-33(24-48-37)18-30-11-6-8-13-39(30)51/h5-8,10-16,19-23,32-33,48H,4,9,17-18,24-26H2,1-3H3,(H,49,52)/t32-,33?/m0/s1. The zero-order valence-corrected chi connectivity index (χ0v) is 32.5. The van der Waals surface area contributed by atoms with Crippen molar-refractivity contribution in [3.8, 4) is 23.0 Å². The third-order valence-electron chi connectivity index (χ3n) is 11.1. The van der Waals surface area contributed by atoms with E-state index in [-0.39, 0.29) is 43.0 Å². The van der Waals surface area contributed by atoms with Gasteiger partial charge in [0, 0.05) is 54.8 Å². The fourth-order valence-corrected chi connectivity index (χ4v) is 8.37. The van der Waals surface area contributed by atoms with Crippen molar-refractivity contribution >= 4 is 52.4 Å². The zero-order chi connectivity index (χ0) is 39.9. The third kappa shape index (κ3) is 6.74. The number of para-hydroxylation sites is 2. The second-order valence-electron chi connectivity index (χ2n) is 14.9. The number of carbonyl (C=O) groups excluding carboxylic acids is 3. The van der Waals surface area contributed by atoms with Crippen molar-refractivity contribution < 1.29 is 33.3 Å². The van der Waals surface area contributed by atoms with Gasteiger partial charge < -0.3 is 34.5 Å². The minimum atomic E-state index is -0.181. The van der Waals surface area contributed by atoms with Crippen LogP contribution in [0.1, 0.15) is 62.7 Å². The van der Waals surface area contributed by atoms with Crippen LogP contribution in [0.5, 0.6) is 23.0 Å². The fourth-order valence-electron chi connectivity index (χ4n) is 8.37. The van der Waals surface area contributed by atoms with Gasteiger partial charge in [0.1, 0.15) is 13.2 Å². The van der Waals surface area contributed by atoms with E-state index >= 15 is 0 Å². The topological polar surface area (TPSA) is 131 Å². The molecule has 12 heteroatoms. The second-order valence-corrected chi connectivity index (χ2v) is 14.9. The zero-order valence-electron chi connectivity index (χ0n) is 32.5. The SMILES string of the molecule is CCCC(=O)Nc1cc(COc2cc3c(cc2OC)C(=O)N2c4ccccc4C[C@H]2C=N3)cc(COc2cc3c(cc2OC)C(=O)N2c4ccccc4CC2CN3)c1. The van der Waals surface area contributed by atoms with Gasteiger partial charge in [-0.1, -0.05) is 43.3 Å². The van der Waals surface area contributed by atoms with Crippen LogP contribution in [-0.4, -0.2) is 56.8 Å². The first-order valence-electron chi connectivity index (χ1n) is 19.5. The molecule has 12 nitrogen and oxygen atoms in total. The van der Waals surface area contributed by atoms with E-state index in [4.69, 9.17) is 23.9 Å². The lowest BCUT2D eigenvalue weighted by atomic mass is 10.1. The number of fused-ring (bicyclic) bond motifs is 8. The largest absolute Gasteiger partial charge is 0.493 e. The number of rotatable bonds is 11. The Bertz CT molecular complexity index is 2500. The summed E-state index contributed by atoms with van der Waals surface area (Å²) in [4.78, 5) is 49.0. The Balaban J connectivity index is 0.962. The molecule has 0 saturated heterocycles. The van der Waals surface area contributed by atoms with Crippen LogP contribution in [0.2, 0.25) is 0 Å². The van der Waals surface area contributed by atoms with Crippen molar-refractivity contribution in [2.75, 3.05) is 41.2 Å². The summed E-state index contributed by atoms with van der Waals surface area (Å²) in [6, 6.07) is 28.4. The highest BCUT2D eigenvalue weighted by atomic mass is 16.5. The number of amides is 3. The summed E-state index contributed by atoms with van der Waals surface area (Å²) in [6.45, 7) is 2.80. The number of hydrogen-bond donors (Lipinski definition) is 2. The number of hydrogen-bond acceptors (Lipinski definition) is 9. The van der Waals surface area contributed by atoms with Crippen LogP contribution in [0, 0.1) is 0 Å². The number of anilines is 4. The predicted molar refractivity (Wildman–Crippen MR) is 223 cm³/mol. The molecule has 58 heavy (non-hydrogen) atoms. The van der Waals surface area contributed by atoms with Crippen molar-refractivity contribution in [1.29, 1.82) is 0 Å². The molecule has 5 aromatic carbocycles. The lowest BCUT2D eigenvalue weighted by Gasteiger charge is -2.22. The summed E-state index contributed by atoms with van der Waals surface area (Å²) >= 11 is 0. The van der Waals surface area contributed by atoms with Crippen molar-refractivity contribution in [3.05, 3.63) is 124 Å². The van der Waals surface area contributed by atoms with Gasteiger partial charge in [-0.15, -0.1) is 0 Å². The van der Waals surface area contributed by atoms with Crippen LogP contribution in [0.25, 0.3) is 0 Å². The second kappa shape index (κ2) is 15.3. The average Bonchev–Trinajstić information content (AvgIpc) is 3.73. The molecule has 294 valence electrons. The molecule has 4 aliphatic heterocycles. The average molecular weight is 778 g/mol. The molecule has 4 aliphatic rings. The normalized spacial score (nSPS) is 17.1. The Morgan fingerprint density at radius 1 is 0.759 bits per heavy atom. The summed E-state index contributed by atoms with van der Waals surface area (Å²) in [6.07, 6.45) is 4.38. The molecule has 3 amide bonds.